The van der Waals surface area contributed by atoms with Gasteiger partial charge in [0.15, 0.2) is 5.82 Å². The Morgan fingerprint density at radius 3 is 2.29 bits per heavy atom. The zero-order valence-electron chi connectivity index (χ0n) is 14.9. The highest BCUT2D eigenvalue weighted by molar-refractivity contribution is 5.90. The lowest BCUT2D eigenvalue weighted by molar-refractivity contribution is 0.910. The van der Waals surface area contributed by atoms with E-state index >= 15 is 0 Å². The number of benzene rings is 3. The summed E-state index contributed by atoms with van der Waals surface area (Å²) in [5.41, 5.74) is 9.67. The predicted octanol–water partition coefficient (Wildman–Crippen LogP) is 3.70. The number of anilines is 1. The van der Waals surface area contributed by atoms with Crippen LogP contribution in [0.3, 0.4) is 0 Å². The minimum atomic E-state index is 0.354. The number of nitrogens with zero attached hydrogens (tertiary/aromatic N) is 4. The minimum absolute atomic E-state index is 0.354. The van der Waals surface area contributed by atoms with Gasteiger partial charge in [-0.3, -0.25) is 9.98 Å². The summed E-state index contributed by atoms with van der Waals surface area (Å²) in [7, 11) is 0. The van der Waals surface area contributed by atoms with Crippen molar-refractivity contribution in [1.82, 2.24) is 19.5 Å². The van der Waals surface area contributed by atoms with Crippen molar-refractivity contribution < 1.29 is 0 Å². The Kier molecular flexibility index (Phi) is 3.62. The molecule has 0 aliphatic carbocycles. The van der Waals surface area contributed by atoms with Crippen molar-refractivity contribution in [2.75, 3.05) is 5.73 Å². The second-order valence-electron chi connectivity index (χ2n) is 6.45. The molecule has 0 bridgehead atoms. The molecule has 0 aliphatic heterocycles. The molecule has 2 aromatic heterocycles. The molecule has 2 heterocycles. The molecule has 5 rings (SSSR count). The lowest BCUT2D eigenvalue weighted by atomic mass is 10.1. The number of hydrogen-bond donors (Lipinski definition) is 2. The predicted molar refractivity (Wildman–Crippen MR) is 110 cm³/mol. The van der Waals surface area contributed by atoms with E-state index in [9.17, 15) is 0 Å². The Bertz CT molecular complexity index is 1400. The molecule has 0 unspecified atom stereocenters. The third-order valence-electron chi connectivity index (χ3n) is 4.75. The average molecular weight is 364 g/mol. The molecular formula is C22H16N6. The van der Waals surface area contributed by atoms with Gasteiger partial charge in [-0.15, -0.1) is 0 Å². The summed E-state index contributed by atoms with van der Waals surface area (Å²) in [6.07, 6.45) is 1.66. The SMILES string of the molecule is N=c1c2ccccc2ncn1-c1ccccc1-c1nc(N)c2ccccc2n1. The van der Waals surface area contributed by atoms with Crippen molar-refractivity contribution in [2.24, 2.45) is 0 Å². The number of hydrogen-bond acceptors (Lipinski definition) is 5. The van der Waals surface area contributed by atoms with Crippen LogP contribution < -0.4 is 11.2 Å². The fourth-order valence-corrected chi connectivity index (χ4v) is 3.37. The number of rotatable bonds is 2. The number of nitrogen functional groups attached to an aromatic ring is 1. The lowest BCUT2D eigenvalue weighted by Gasteiger charge is -2.13. The normalized spacial score (nSPS) is 11.1. The van der Waals surface area contributed by atoms with Crippen molar-refractivity contribution >= 4 is 27.6 Å². The van der Waals surface area contributed by atoms with Crippen molar-refractivity contribution in [2.45, 2.75) is 0 Å². The minimum Gasteiger partial charge on any atom is -0.383 e. The molecule has 0 atom stereocenters. The largest absolute Gasteiger partial charge is 0.383 e. The first kappa shape index (κ1) is 16.1. The zero-order chi connectivity index (χ0) is 19.1. The van der Waals surface area contributed by atoms with Crippen LogP contribution in [-0.2, 0) is 0 Å². The van der Waals surface area contributed by atoms with Crippen LogP contribution in [0.15, 0.2) is 79.1 Å². The molecule has 3 N–H and O–H groups in total. The monoisotopic (exact) mass is 364 g/mol. The van der Waals surface area contributed by atoms with Crippen LogP contribution in [0.1, 0.15) is 0 Å². The summed E-state index contributed by atoms with van der Waals surface area (Å²) in [5, 5.41) is 10.3. The van der Waals surface area contributed by atoms with E-state index in [0.29, 0.717) is 17.1 Å². The van der Waals surface area contributed by atoms with Crippen molar-refractivity contribution in [3.05, 3.63) is 84.6 Å². The maximum absolute atomic E-state index is 8.67. The van der Waals surface area contributed by atoms with Gasteiger partial charge in [-0.25, -0.2) is 15.0 Å². The van der Waals surface area contributed by atoms with Crippen LogP contribution in [0.4, 0.5) is 5.82 Å². The smallest absolute Gasteiger partial charge is 0.164 e. The van der Waals surface area contributed by atoms with Crippen molar-refractivity contribution in [1.29, 1.82) is 5.41 Å². The van der Waals surface area contributed by atoms with Gasteiger partial charge >= 0.3 is 0 Å². The first-order chi connectivity index (χ1) is 13.7. The molecule has 0 saturated carbocycles. The van der Waals surface area contributed by atoms with Crippen LogP contribution in [0, 0.1) is 5.41 Å². The fourth-order valence-electron chi connectivity index (χ4n) is 3.37. The second-order valence-corrected chi connectivity index (χ2v) is 6.45. The van der Waals surface area contributed by atoms with Gasteiger partial charge in [0.2, 0.25) is 0 Å². The molecule has 0 amide bonds. The van der Waals surface area contributed by atoms with Crippen LogP contribution in [-0.4, -0.2) is 19.5 Å². The van der Waals surface area contributed by atoms with E-state index in [1.54, 1.807) is 10.9 Å². The molecule has 6 heteroatoms. The Balaban J connectivity index is 1.77. The average Bonchev–Trinajstić information content (AvgIpc) is 2.74. The quantitative estimate of drug-likeness (QED) is 0.499. The number of aromatic nitrogens is 4. The summed E-state index contributed by atoms with van der Waals surface area (Å²) < 4.78 is 1.74. The maximum Gasteiger partial charge on any atom is 0.164 e. The molecule has 0 fully saturated rings. The van der Waals surface area contributed by atoms with E-state index in [4.69, 9.17) is 16.1 Å². The fraction of sp³-hybridized carbons (Fsp3) is 0. The topological polar surface area (TPSA) is 93.5 Å². The van der Waals surface area contributed by atoms with Crippen molar-refractivity contribution in [3.8, 4) is 17.1 Å². The maximum atomic E-state index is 8.67. The third kappa shape index (κ3) is 2.51. The first-order valence-electron chi connectivity index (χ1n) is 8.85. The second kappa shape index (κ2) is 6.28. The zero-order valence-corrected chi connectivity index (χ0v) is 14.9. The number of nitrogens with two attached hydrogens (primary N) is 1. The van der Waals surface area contributed by atoms with Gasteiger partial charge in [0, 0.05) is 16.3 Å². The standard InChI is InChI=1S/C22H16N6/c23-20-14-7-1-5-11-18(14)26-22(27-20)16-9-3-6-12-19(16)28-13-25-17-10-4-2-8-15(17)21(28)24/h1-13,24H,(H2,23,26,27). The summed E-state index contributed by atoms with van der Waals surface area (Å²) >= 11 is 0. The van der Waals surface area contributed by atoms with Gasteiger partial charge in [0.1, 0.15) is 17.6 Å². The van der Waals surface area contributed by atoms with E-state index in [0.717, 1.165) is 33.1 Å². The molecular weight excluding hydrogens is 348 g/mol. The van der Waals surface area contributed by atoms with E-state index in [-0.39, 0.29) is 0 Å². The highest BCUT2D eigenvalue weighted by Gasteiger charge is 2.13. The molecule has 0 aliphatic rings. The van der Waals surface area contributed by atoms with E-state index in [1.165, 1.54) is 0 Å². The molecule has 5 aromatic rings. The van der Waals surface area contributed by atoms with Crippen LogP contribution >= 0.6 is 0 Å². The molecule has 3 aromatic carbocycles. The van der Waals surface area contributed by atoms with Gasteiger partial charge in [-0.05, 0) is 36.4 Å². The van der Waals surface area contributed by atoms with E-state index < -0.39 is 0 Å². The highest BCUT2D eigenvalue weighted by Crippen LogP contribution is 2.27. The molecule has 6 nitrogen and oxygen atoms in total. The Morgan fingerprint density at radius 1 is 0.750 bits per heavy atom. The summed E-state index contributed by atoms with van der Waals surface area (Å²) in [4.78, 5) is 13.7. The highest BCUT2D eigenvalue weighted by atomic mass is 15.1. The van der Waals surface area contributed by atoms with Crippen LogP contribution in [0.2, 0.25) is 0 Å². The number of para-hydroxylation sites is 3. The molecule has 134 valence electrons. The summed E-state index contributed by atoms with van der Waals surface area (Å²) in [6.45, 7) is 0. The summed E-state index contributed by atoms with van der Waals surface area (Å²) in [5.74, 6) is 0.954. The van der Waals surface area contributed by atoms with Gasteiger partial charge in [0.05, 0.1) is 16.7 Å². The Labute approximate surface area is 160 Å². The number of nitrogens with one attached hydrogen (secondary N) is 1. The number of fused-ring (bicyclic) bond motifs is 2. The lowest BCUT2D eigenvalue weighted by Crippen LogP contribution is -2.19. The summed E-state index contributed by atoms with van der Waals surface area (Å²) in [6, 6.07) is 23.0. The van der Waals surface area contributed by atoms with Gasteiger partial charge in [-0.1, -0.05) is 36.4 Å². The Hall–Kier alpha value is -4.06. The first-order valence-corrected chi connectivity index (χ1v) is 8.85. The molecule has 28 heavy (non-hydrogen) atoms. The van der Waals surface area contributed by atoms with Crippen molar-refractivity contribution in [3.63, 3.8) is 0 Å². The van der Waals surface area contributed by atoms with Gasteiger partial charge < -0.3 is 5.73 Å². The molecule has 0 saturated heterocycles. The molecule has 0 spiro atoms. The van der Waals surface area contributed by atoms with Gasteiger partial charge in [-0.2, -0.15) is 0 Å². The van der Waals surface area contributed by atoms with Crippen LogP contribution in [0.25, 0.3) is 38.9 Å². The van der Waals surface area contributed by atoms with Crippen LogP contribution in [0.5, 0.6) is 0 Å². The third-order valence-corrected chi connectivity index (χ3v) is 4.75. The van der Waals surface area contributed by atoms with Gasteiger partial charge in [0.25, 0.3) is 0 Å². The van der Waals surface area contributed by atoms with E-state index in [1.807, 2.05) is 72.8 Å². The molecule has 0 radical (unpaired) electrons. The van der Waals surface area contributed by atoms with E-state index in [2.05, 4.69) is 9.97 Å². The Morgan fingerprint density at radius 2 is 1.43 bits per heavy atom.